The Kier molecular flexibility index (Phi) is 3.40. The molecule has 1 aromatic carbocycles. The summed E-state index contributed by atoms with van der Waals surface area (Å²) in [6, 6.07) is 2.80. The number of hydrogen-bond acceptors (Lipinski definition) is 4. The van der Waals surface area contributed by atoms with Gasteiger partial charge in [0.05, 0.1) is 5.02 Å². The zero-order valence-corrected chi connectivity index (χ0v) is 10.1. The van der Waals surface area contributed by atoms with E-state index < -0.39 is 11.9 Å². The van der Waals surface area contributed by atoms with Crippen molar-refractivity contribution in [2.75, 3.05) is 13.3 Å². The number of carbonyl (C=O) groups is 1. The van der Waals surface area contributed by atoms with Crippen LogP contribution in [0.5, 0.6) is 11.5 Å². The maximum atomic E-state index is 11.3. The number of rotatable bonds is 4. The Morgan fingerprint density at radius 3 is 3.00 bits per heavy atom. The monoisotopic (exact) mass is 256 g/mol. The lowest BCUT2D eigenvalue weighted by Gasteiger charge is -2.15. The zero-order chi connectivity index (χ0) is 12.4. The maximum absolute atomic E-state index is 11.3. The van der Waals surface area contributed by atoms with Crippen molar-refractivity contribution in [3.05, 3.63) is 22.7 Å². The Labute approximate surface area is 104 Å². The number of nitrogens with two attached hydrogens (primary N) is 1. The molecule has 6 heteroatoms. The second kappa shape index (κ2) is 4.81. The number of primary amides is 1. The maximum Gasteiger partial charge on any atom is 0.239 e. The summed E-state index contributed by atoms with van der Waals surface area (Å²) in [4.78, 5) is 11.3. The molecule has 0 fully saturated rings. The van der Waals surface area contributed by atoms with Gasteiger partial charge in [-0.2, -0.15) is 0 Å². The number of benzene rings is 1. The van der Waals surface area contributed by atoms with Gasteiger partial charge in [-0.05, 0) is 24.2 Å². The van der Waals surface area contributed by atoms with Crippen molar-refractivity contribution in [3.8, 4) is 11.5 Å². The van der Waals surface area contributed by atoms with Gasteiger partial charge in [0, 0.05) is 0 Å². The van der Waals surface area contributed by atoms with Crippen LogP contribution in [0, 0.1) is 0 Å². The highest BCUT2D eigenvalue weighted by Crippen LogP contribution is 2.40. The minimum Gasteiger partial charge on any atom is -0.454 e. The summed E-state index contributed by atoms with van der Waals surface area (Å²) in [5, 5.41) is 3.40. The molecule has 1 aliphatic heterocycles. The summed E-state index contributed by atoms with van der Waals surface area (Å²) in [6.07, 6.45) is 0. The van der Waals surface area contributed by atoms with Crippen LogP contribution < -0.4 is 20.5 Å². The first kappa shape index (κ1) is 12.0. The van der Waals surface area contributed by atoms with E-state index in [0.717, 1.165) is 0 Å². The second-order valence-electron chi connectivity index (χ2n) is 3.63. The first-order chi connectivity index (χ1) is 8.13. The van der Waals surface area contributed by atoms with Crippen molar-refractivity contribution in [1.82, 2.24) is 5.32 Å². The molecule has 1 aromatic rings. The molecule has 0 aliphatic carbocycles. The van der Waals surface area contributed by atoms with Gasteiger partial charge < -0.3 is 20.5 Å². The minimum atomic E-state index is -0.577. The van der Waals surface area contributed by atoms with Gasteiger partial charge in [-0.3, -0.25) is 4.79 Å². The minimum absolute atomic E-state index is 0.140. The average molecular weight is 257 g/mol. The highest BCUT2D eigenvalue weighted by atomic mass is 35.5. The molecule has 0 saturated carbocycles. The van der Waals surface area contributed by atoms with E-state index in [-0.39, 0.29) is 6.79 Å². The summed E-state index contributed by atoms with van der Waals surface area (Å²) in [7, 11) is 0. The quantitative estimate of drug-likeness (QED) is 0.849. The highest BCUT2D eigenvalue weighted by Gasteiger charge is 2.23. The van der Waals surface area contributed by atoms with Gasteiger partial charge in [-0.15, -0.1) is 0 Å². The summed E-state index contributed by atoms with van der Waals surface area (Å²) in [6.45, 7) is 2.66. The predicted octanol–water partition coefficient (Wildman–Crippen LogP) is 1.20. The fraction of sp³-hybridized carbons (Fsp3) is 0.364. The fourth-order valence-electron chi connectivity index (χ4n) is 1.74. The van der Waals surface area contributed by atoms with Gasteiger partial charge in [0.2, 0.25) is 12.7 Å². The molecule has 0 spiro atoms. The Bertz CT molecular complexity index is 451. The molecule has 2 rings (SSSR count). The smallest absolute Gasteiger partial charge is 0.239 e. The third-order valence-corrected chi connectivity index (χ3v) is 2.76. The van der Waals surface area contributed by atoms with Crippen LogP contribution in [-0.2, 0) is 4.79 Å². The van der Waals surface area contributed by atoms with E-state index in [0.29, 0.717) is 28.6 Å². The van der Waals surface area contributed by atoms with Crippen molar-refractivity contribution in [1.29, 1.82) is 0 Å². The molecule has 1 atom stereocenters. The van der Waals surface area contributed by atoms with Crippen molar-refractivity contribution in [2.45, 2.75) is 13.0 Å². The van der Waals surface area contributed by atoms with Gasteiger partial charge in [0.1, 0.15) is 6.04 Å². The van der Waals surface area contributed by atoms with Crippen LogP contribution in [0.15, 0.2) is 12.1 Å². The number of likely N-dealkylation sites (N-methyl/N-ethyl adjacent to an activating group) is 1. The van der Waals surface area contributed by atoms with Crippen molar-refractivity contribution in [3.63, 3.8) is 0 Å². The van der Waals surface area contributed by atoms with Gasteiger partial charge in [-0.1, -0.05) is 18.5 Å². The number of halogens is 1. The van der Waals surface area contributed by atoms with Crippen molar-refractivity contribution < 1.29 is 14.3 Å². The number of ether oxygens (including phenoxy) is 2. The summed E-state index contributed by atoms with van der Waals surface area (Å²) < 4.78 is 10.4. The van der Waals surface area contributed by atoms with Crippen LogP contribution in [0.1, 0.15) is 18.5 Å². The molecule has 1 amide bonds. The van der Waals surface area contributed by atoms with Crippen molar-refractivity contribution >= 4 is 17.5 Å². The SMILES string of the molecule is CCNC(C(N)=O)c1cc(Cl)c2c(c1)OCO2. The normalized spacial score (nSPS) is 14.7. The van der Waals surface area contributed by atoms with Gasteiger partial charge in [-0.25, -0.2) is 0 Å². The van der Waals surface area contributed by atoms with E-state index in [2.05, 4.69) is 5.32 Å². The molecule has 0 aromatic heterocycles. The number of nitrogens with one attached hydrogen (secondary N) is 1. The van der Waals surface area contributed by atoms with Crippen LogP contribution in [0.4, 0.5) is 0 Å². The van der Waals surface area contributed by atoms with E-state index in [4.69, 9.17) is 26.8 Å². The molecule has 1 heterocycles. The van der Waals surface area contributed by atoms with Crippen LogP contribution in [0.25, 0.3) is 0 Å². The standard InChI is InChI=1S/C11H13ClN2O3/c1-2-14-9(11(13)15)6-3-7(12)10-8(4-6)16-5-17-10/h3-4,9,14H,2,5H2,1H3,(H2,13,15). The van der Waals surface area contributed by atoms with Crippen LogP contribution in [0.2, 0.25) is 5.02 Å². The lowest BCUT2D eigenvalue weighted by Crippen LogP contribution is -2.33. The van der Waals surface area contributed by atoms with E-state index >= 15 is 0 Å². The molecule has 1 unspecified atom stereocenters. The van der Waals surface area contributed by atoms with Crippen LogP contribution in [0.3, 0.4) is 0 Å². The Balaban J connectivity index is 2.38. The summed E-state index contributed by atoms with van der Waals surface area (Å²) in [5.41, 5.74) is 6.01. The summed E-state index contributed by atoms with van der Waals surface area (Å²) in [5.74, 6) is 0.591. The molecule has 0 radical (unpaired) electrons. The lowest BCUT2D eigenvalue weighted by molar-refractivity contribution is -0.120. The van der Waals surface area contributed by atoms with Gasteiger partial charge >= 0.3 is 0 Å². The third kappa shape index (κ3) is 2.30. The largest absolute Gasteiger partial charge is 0.454 e. The molecular weight excluding hydrogens is 244 g/mol. The zero-order valence-electron chi connectivity index (χ0n) is 9.33. The Hall–Kier alpha value is -1.46. The van der Waals surface area contributed by atoms with Gasteiger partial charge in [0.25, 0.3) is 0 Å². The molecule has 5 nitrogen and oxygen atoms in total. The first-order valence-corrected chi connectivity index (χ1v) is 5.63. The van der Waals surface area contributed by atoms with Crippen LogP contribution >= 0.6 is 11.6 Å². The number of carbonyl (C=O) groups excluding carboxylic acids is 1. The van der Waals surface area contributed by atoms with E-state index in [1.165, 1.54) is 0 Å². The summed E-state index contributed by atoms with van der Waals surface area (Å²) >= 11 is 6.04. The first-order valence-electron chi connectivity index (χ1n) is 5.25. The number of fused-ring (bicyclic) bond motifs is 1. The molecule has 0 saturated heterocycles. The fourth-order valence-corrected chi connectivity index (χ4v) is 2.01. The Morgan fingerprint density at radius 1 is 1.59 bits per heavy atom. The lowest BCUT2D eigenvalue weighted by atomic mass is 10.1. The van der Waals surface area contributed by atoms with E-state index in [1.807, 2.05) is 6.92 Å². The van der Waals surface area contributed by atoms with Crippen molar-refractivity contribution in [2.24, 2.45) is 5.73 Å². The predicted molar refractivity (Wildman–Crippen MR) is 63.2 cm³/mol. The topological polar surface area (TPSA) is 73.6 Å². The molecule has 17 heavy (non-hydrogen) atoms. The number of amides is 1. The molecule has 3 N–H and O–H groups in total. The molecule has 0 bridgehead atoms. The highest BCUT2D eigenvalue weighted by molar-refractivity contribution is 6.32. The van der Waals surface area contributed by atoms with E-state index in [1.54, 1.807) is 12.1 Å². The third-order valence-electron chi connectivity index (χ3n) is 2.48. The molecule has 92 valence electrons. The molecule has 1 aliphatic rings. The van der Waals surface area contributed by atoms with Gasteiger partial charge in [0.15, 0.2) is 11.5 Å². The average Bonchev–Trinajstić information content (AvgIpc) is 2.73. The van der Waals surface area contributed by atoms with E-state index in [9.17, 15) is 4.79 Å². The number of hydrogen-bond donors (Lipinski definition) is 2. The Morgan fingerprint density at radius 2 is 2.35 bits per heavy atom. The molecular formula is C11H13ClN2O3. The second-order valence-corrected chi connectivity index (χ2v) is 4.04. The van der Waals surface area contributed by atoms with Crippen LogP contribution in [-0.4, -0.2) is 19.2 Å².